The molecule has 0 saturated heterocycles. The Balaban J connectivity index is 1.77. The molecular formula is C18H29N. The standard InChI is InChI=1S/C18H29N/c1-2-9-18(17-12-7-4-8-13-17)19-15-14-16-10-5-3-6-11-16/h4,7-8,12-13,16,18-19H,2-3,5-6,9-11,14-15H2,1H3. The molecule has 1 aromatic rings. The molecule has 0 heterocycles. The second kappa shape index (κ2) is 8.37. The monoisotopic (exact) mass is 259 g/mol. The number of nitrogens with one attached hydrogen (secondary N) is 1. The van der Waals surface area contributed by atoms with Gasteiger partial charge in [0.15, 0.2) is 0 Å². The lowest BCUT2D eigenvalue weighted by atomic mass is 9.87. The van der Waals surface area contributed by atoms with Crippen molar-refractivity contribution < 1.29 is 0 Å². The molecule has 1 heteroatoms. The van der Waals surface area contributed by atoms with Crippen molar-refractivity contribution in [2.45, 2.75) is 64.3 Å². The first-order valence-electron chi connectivity index (χ1n) is 8.18. The van der Waals surface area contributed by atoms with Crippen LogP contribution in [0.3, 0.4) is 0 Å². The van der Waals surface area contributed by atoms with Gasteiger partial charge in [-0.25, -0.2) is 0 Å². The summed E-state index contributed by atoms with van der Waals surface area (Å²) in [5, 5.41) is 3.78. The van der Waals surface area contributed by atoms with Crippen LogP contribution in [-0.2, 0) is 0 Å². The van der Waals surface area contributed by atoms with E-state index in [4.69, 9.17) is 0 Å². The third kappa shape index (κ3) is 4.99. The van der Waals surface area contributed by atoms with Crippen molar-refractivity contribution in [1.82, 2.24) is 5.32 Å². The van der Waals surface area contributed by atoms with Crippen LogP contribution in [0.5, 0.6) is 0 Å². The van der Waals surface area contributed by atoms with Gasteiger partial charge in [-0.15, -0.1) is 0 Å². The highest BCUT2D eigenvalue weighted by molar-refractivity contribution is 5.18. The second-order valence-electron chi connectivity index (χ2n) is 6.00. The van der Waals surface area contributed by atoms with Gasteiger partial charge in [0.1, 0.15) is 0 Å². The Bertz CT molecular complexity index is 327. The van der Waals surface area contributed by atoms with Crippen molar-refractivity contribution in [1.29, 1.82) is 0 Å². The number of hydrogen-bond donors (Lipinski definition) is 1. The quantitative estimate of drug-likeness (QED) is 0.719. The summed E-state index contributed by atoms with van der Waals surface area (Å²) in [4.78, 5) is 0. The summed E-state index contributed by atoms with van der Waals surface area (Å²) < 4.78 is 0. The Morgan fingerprint density at radius 3 is 2.53 bits per heavy atom. The van der Waals surface area contributed by atoms with Crippen LogP contribution in [0.15, 0.2) is 30.3 Å². The van der Waals surface area contributed by atoms with Gasteiger partial charge in [0.25, 0.3) is 0 Å². The van der Waals surface area contributed by atoms with Gasteiger partial charge in [-0.1, -0.05) is 75.8 Å². The van der Waals surface area contributed by atoms with Crippen molar-refractivity contribution in [3.05, 3.63) is 35.9 Å². The fourth-order valence-corrected chi connectivity index (χ4v) is 3.30. The predicted octanol–water partition coefficient (Wildman–Crippen LogP) is 5.09. The maximum Gasteiger partial charge on any atom is 0.0320 e. The smallest absolute Gasteiger partial charge is 0.0320 e. The number of rotatable bonds is 7. The molecule has 1 N–H and O–H groups in total. The molecule has 0 radical (unpaired) electrons. The van der Waals surface area contributed by atoms with E-state index in [9.17, 15) is 0 Å². The van der Waals surface area contributed by atoms with Crippen LogP contribution < -0.4 is 5.32 Å². The lowest BCUT2D eigenvalue weighted by Crippen LogP contribution is -2.24. The zero-order valence-electron chi connectivity index (χ0n) is 12.4. The highest BCUT2D eigenvalue weighted by Crippen LogP contribution is 2.26. The Kier molecular flexibility index (Phi) is 6.43. The molecule has 1 saturated carbocycles. The molecule has 1 fully saturated rings. The molecular weight excluding hydrogens is 230 g/mol. The Hall–Kier alpha value is -0.820. The highest BCUT2D eigenvalue weighted by Gasteiger charge is 2.14. The first-order valence-corrected chi connectivity index (χ1v) is 8.18. The zero-order valence-corrected chi connectivity index (χ0v) is 12.4. The van der Waals surface area contributed by atoms with Gasteiger partial charge in [-0.3, -0.25) is 0 Å². The number of benzene rings is 1. The Morgan fingerprint density at radius 2 is 1.84 bits per heavy atom. The molecule has 1 nitrogen and oxygen atoms in total. The molecule has 0 amide bonds. The first kappa shape index (κ1) is 14.6. The molecule has 0 spiro atoms. The third-order valence-corrected chi connectivity index (χ3v) is 4.45. The van der Waals surface area contributed by atoms with E-state index in [0.717, 1.165) is 5.92 Å². The van der Waals surface area contributed by atoms with Crippen LogP contribution in [0.2, 0.25) is 0 Å². The van der Waals surface area contributed by atoms with E-state index in [2.05, 4.69) is 42.6 Å². The second-order valence-corrected chi connectivity index (χ2v) is 6.00. The summed E-state index contributed by atoms with van der Waals surface area (Å²) in [6.45, 7) is 3.46. The van der Waals surface area contributed by atoms with Crippen molar-refractivity contribution in [3.63, 3.8) is 0 Å². The summed E-state index contributed by atoms with van der Waals surface area (Å²) in [5.74, 6) is 0.985. The minimum Gasteiger partial charge on any atom is -0.310 e. The van der Waals surface area contributed by atoms with Gasteiger partial charge in [0.2, 0.25) is 0 Å². The molecule has 1 atom stereocenters. The largest absolute Gasteiger partial charge is 0.310 e. The highest BCUT2D eigenvalue weighted by atomic mass is 14.9. The van der Waals surface area contributed by atoms with E-state index in [1.807, 2.05) is 0 Å². The van der Waals surface area contributed by atoms with Crippen LogP contribution in [0, 0.1) is 5.92 Å². The molecule has 1 aromatic carbocycles. The van der Waals surface area contributed by atoms with Crippen LogP contribution in [-0.4, -0.2) is 6.54 Å². The molecule has 19 heavy (non-hydrogen) atoms. The third-order valence-electron chi connectivity index (χ3n) is 4.45. The zero-order chi connectivity index (χ0) is 13.3. The van der Waals surface area contributed by atoms with E-state index in [-0.39, 0.29) is 0 Å². The van der Waals surface area contributed by atoms with E-state index in [0.29, 0.717) is 6.04 Å². The fraction of sp³-hybridized carbons (Fsp3) is 0.667. The van der Waals surface area contributed by atoms with E-state index < -0.39 is 0 Å². The molecule has 2 rings (SSSR count). The minimum absolute atomic E-state index is 0.551. The van der Waals surface area contributed by atoms with Gasteiger partial charge < -0.3 is 5.32 Å². The molecule has 0 bridgehead atoms. The van der Waals surface area contributed by atoms with Crippen LogP contribution in [0.4, 0.5) is 0 Å². The molecule has 0 aromatic heterocycles. The van der Waals surface area contributed by atoms with Crippen LogP contribution in [0.1, 0.15) is 69.9 Å². The average Bonchev–Trinajstić information content (AvgIpc) is 2.48. The number of hydrogen-bond acceptors (Lipinski definition) is 1. The predicted molar refractivity (Wildman–Crippen MR) is 83.3 cm³/mol. The Labute approximate surface area is 118 Å². The summed E-state index contributed by atoms with van der Waals surface area (Å²) in [5.41, 5.74) is 1.45. The van der Waals surface area contributed by atoms with Gasteiger partial charge in [0, 0.05) is 6.04 Å². The summed E-state index contributed by atoms with van der Waals surface area (Å²) >= 11 is 0. The van der Waals surface area contributed by atoms with E-state index in [1.54, 1.807) is 0 Å². The van der Waals surface area contributed by atoms with Gasteiger partial charge >= 0.3 is 0 Å². The maximum atomic E-state index is 3.78. The molecule has 1 aliphatic rings. The average molecular weight is 259 g/mol. The van der Waals surface area contributed by atoms with Crippen LogP contribution in [0.25, 0.3) is 0 Å². The molecule has 1 unspecified atom stereocenters. The first-order chi connectivity index (χ1) is 9.40. The van der Waals surface area contributed by atoms with Gasteiger partial charge in [0.05, 0.1) is 0 Å². The van der Waals surface area contributed by atoms with Crippen molar-refractivity contribution in [3.8, 4) is 0 Å². The SMILES string of the molecule is CCCC(NCCC1CCCCC1)c1ccccc1. The molecule has 1 aliphatic carbocycles. The minimum atomic E-state index is 0.551. The van der Waals surface area contributed by atoms with Crippen LogP contribution >= 0.6 is 0 Å². The molecule has 106 valence electrons. The van der Waals surface area contributed by atoms with E-state index >= 15 is 0 Å². The topological polar surface area (TPSA) is 12.0 Å². The molecule has 0 aliphatic heterocycles. The van der Waals surface area contributed by atoms with Gasteiger partial charge in [-0.05, 0) is 30.9 Å². The fourth-order valence-electron chi connectivity index (χ4n) is 3.30. The summed E-state index contributed by atoms with van der Waals surface area (Å²) in [6.07, 6.45) is 11.2. The summed E-state index contributed by atoms with van der Waals surface area (Å²) in [7, 11) is 0. The lowest BCUT2D eigenvalue weighted by molar-refractivity contribution is 0.326. The normalized spacial score (nSPS) is 18.4. The lowest BCUT2D eigenvalue weighted by Gasteiger charge is -2.24. The van der Waals surface area contributed by atoms with E-state index in [1.165, 1.54) is 63.5 Å². The van der Waals surface area contributed by atoms with Gasteiger partial charge in [-0.2, -0.15) is 0 Å². The Morgan fingerprint density at radius 1 is 1.11 bits per heavy atom. The van der Waals surface area contributed by atoms with Crippen molar-refractivity contribution in [2.75, 3.05) is 6.54 Å². The van der Waals surface area contributed by atoms with Crippen molar-refractivity contribution in [2.24, 2.45) is 5.92 Å². The van der Waals surface area contributed by atoms with Crippen molar-refractivity contribution >= 4 is 0 Å². The maximum absolute atomic E-state index is 3.78. The summed E-state index contributed by atoms with van der Waals surface area (Å²) in [6, 6.07) is 11.5.